The van der Waals surface area contributed by atoms with E-state index in [2.05, 4.69) is 15.3 Å². The van der Waals surface area contributed by atoms with Gasteiger partial charge in [-0.3, -0.25) is 0 Å². The summed E-state index contributed by atoms with van der Waals surface area (Å²) in [4.78, 5) is 7.86. The van der Waals surface area contributed by atoms with Crippen molar-refractivity contribution in [2.45, 2.75) is 13.0 Å². The summed E-state index contributed by atoms with van der Waals surface area (Å²) in [7, 11) is 5.54. The van der Waals surface area contributed by atoms with E-state index in [1.807, 2.05) is 0 Å². The summed E-state index contributed by atoms with van der Waals surface area (Å²) in [6, 6.07) is 6.13. The number of hydrogen-bond donors (Lipinski definition) is 1. The summed E-state index contributed by atoms with van der Waals surface area (Å²) in [6.45, 7) is -0.133. The quantitative estimate of drug-likeness (QED) is 0.433. The second kappa shape index (κ2) is 6.88. The number of aromatic nitrogens is 2. The van der Waals surface area contributed by atoms with Gasteiger partial charge in [0.25, 0.3) is 6.43 Å². The monoisotopic (exact) mass is 365 g/mol. The maximum atomic E-state index is 14.1. The molecule has 0 spiro atoms. The molecule has 1 heterocycles. The van der Waals surface area contributed by atoms with E-state index in [1.165, 1.54) is 18.2 Å². The second-order valence-electron chi connectivity index (χ2n) is 5.21. The average molecular weight is 366 g/mol. The number of hydrogen-bond acceptors (Lipinski definition) is 3. The molecule has 1 N–H and O–H groups in total. The molecule has 0 bridgehead atoms. The molecule has 2 radical (unpaired) electrons. The lowest BCUT2D eigenvalue weighted by molar-refractivity contribution is 0.146. The van der Waals surface area contributed by atoms with E-state index >= 15 is 0 Å². The van der Waals surface area contributed by atoms with Crippen LogP contribution in [0.15, 0.2) is 30.3 Å². The Balaban J connectivity index is 1.97. The molecule has 0 saturated carbocycles. The number of anilines is 1. The van der Waals surface area contributed by atoms with Crippen LogP contribution in [0.5, 0.6) is 0 Å². The molecule has 3 nitrogen and oxygen atoms in total. The van der Waals surface area contributed by atoms with Gasteiger partial charge in [-0.25, -0.2) is 27.5 Å². The number of benzene rings is 2. The lowest BCUT2D eigenvalue weighted by atomic mass is 9.94. The first-order valence-corrected chi connectivity index (χ1v) is 7.46. The highest BCUT2D eigenvalue weighted by molar-refractivity contribution is 6.33. The average Bonchev–Trinajstić information content (AvgIpc) is 2.55. The topological polar surface area (TPSA) is 37.8 Å². The van der Waals surface area contributed by atoms with E-state index in [1.54, 1.807) is 0 Å². The van der Waals surface area contributed by atoms with E-state index in [0.29, 0.717) is 5.39 Å². The van der Waals surface area contributed by atoms with Crippen LogP contribution in [0.2, 0.25) is 5.28 Å². The van der Waals surface area contributed by atoms with Crippen LogP contribution in [0.4, 0.5) is 23.4 Å². The molecule has 0 saturated heterocycles. The Bertz CT molecular complexity index is 952. The van der Waals surface area contributed by atoms with Crippen LogP contribution in [0, 0.1) is 11.6 Å². The van der Waals surface area contributed by atoms with Crippen molar-refractivity contribution in [3.05, 3.63) is 58.4 Å². The molecule has 0 aliphatic heterocycles. The van der Waals surface area contributed by atoms with E-state index in [4.69, 9.17) is 19.4 Å². The molecule has 2 aromatic carbocycles. The molecule has 126 valence electrons. The highest BCUT2D eigenvalue weighted by Gasteiger charge is 2.16. The van der Waals surface area contributed by atoms with E-state index in [-0.39, 0.29) is 34.2 Å². The zero-order valence-corrected chi connectivity index (χ0v) is 13.3. The summed E-state index contributed by atoms with van der Waals surface area (Å²) >= 11 is 5.81. The predicted molar refractivity (Wildman–Crippen MR) is 88.6 cm³/mol. The van der Waals surface area contributed by atoms with Crippen molar-refractivity contribution in [3.8, 4) is 0 Å². The number of alkyl halides is 2. The zero-order valence-electron chi connectivity index (χ0n) is 12.5. The Morgan fingerprint density at radius 1 is 1.16 bits per heavy atom. The summed E-state index contributed by atoms with van der Waals surface area (Å²) in [6.07, 6.45) is -2.92. The van der Waals surface area contributed by atoms with Gasteiger partial charge in [0.1, 0.15) is 25.3 Å². The fraction of sp³-hybridized carbons (Fsp3) is 0.125. The van der Waals surface area contributed by atoms with Gasteiger partial charge in [0, 0.05) is 17.5 Å². The largest absolute Gasteiger partial charge is 0.365 e. The Morgan fingerprint density at radius 2 is 1.92 bits per heavy atom. The van der Waals surface area contributed by atoms with Gasteiger partial charge in [-0.15, -0.1) is 0 Å². The van der Waals surface area contributed by atoms with Crippen LogP contribution in [0.1, 0.15) is 17.6 Å². The SMILES string of the molecule is [B]c1cc2c(NCc3cccc(C(F)F)c3F)nc(Cl)nc2cc1F. The summed E-state index contributed by atoms with van der Waals surface area (Å²) in [5.74, 6) is -1.48. The lowest BCUT2D eigenvalue weighted by Gasteiger charge is -2.12. The molecule has 3 rings (SSSR count). The van der Waals surface area contributed by atoms with Crippen molar-refractivity contribution in [2.75, 3.05) is 5.32 Å². The van der Waals surface area contributed by atoms with Gasteiger partial charge in [0.05, 0.1) is 11.1 Å². The van der Waals surface area contributed by atoms with Crippen molar-refractivity contribution in [2.24, 2.45) is 0 Å². The number of nitrogens with zero attached hydrogens (tertiary/aromatic N) is 2. The van der Waals surface area contributed by atoms with Gasteiger partial charge in [-0.05, 0) is 17.7 Å². The fourth-order valence-electron chi connectivity index (χ4n) is 2.36. The Morgan fingerprint density at radius 3 is 2.64 bits per heavy atom. The summed E-state index contributed by atoms with van der Waals surface area (Å²) < 4.78 is 53.2. The summed E-state index contributed by atoms with van der Waals surface area (Å²) in [5, 5.41) is 3.02. The van der Waals surface area contributed by atoms with Crippen molar-refractivity contribution in [3.63, 3.8) is 0 Å². The minimum absolute atomic E-state index is 0.0239. The lowest BCUT2D eigenvalue weighted by Crippen LogP contribution is -2.11. The number of halogens is 5. The first-order valence-electron chi connectivity index (χ1n) is 7.08. The van der Waals surface area contributed by atoms with Gasteiger partial charge < -0.3 is 5.32 Å². The van der Waals surface area contributed by atoms with Gasteiger partial charge in [0.15, 0.2) is 0 Å². The molecule has 0 fully saturated rings. The number of fused-ring (bicyclic) bond motifs is 1. The predicted octanol–water partition coefficient (Wildman–Crippen LogP) is 3.90. The minimum Gasteiger partial charge on any atom is -0.365 e. The molecule has 0 atom stereocenters. The van der Waals surface area contributed by atoms with Gasteiger partial charge in [0.2, 0.25) is 5.28 Å². The Kier molecular flexibility index (Phi) is 4.81. The smallest absolute Gasteiger partial charge is 0.266 e. The highest BCUT2D eigenvalue weighted by Crippen LogP contribution is 2.26. The molecule has 0 unspecified atom stereocenters. The molecule has 0 amide bonds. The Labute approximate surface area is 146 Å². The standard InChI is InChI=1S/C16H9BClF4N3/c17-10-4-9-12(5-11(10)19)24-16(18)25-15(9)23-6-7-2-1-3-8(13(7)20)14(21)22/h1-5,14H,6H2,(H,23,24,25). The van der Waals surface area contributed by atoms with E-state index in [9.17, 15) is 17.6 Å². The molecule has 3 aromatic rings. The van der Waals surface area contributed by atoms with Gasteiger partial charge >= 0.3 is 0 Å². The molecular formula is C16H9BClF4N3. The van der Waals surface area contributed by atoms with Crippen LogP contribution in [0.25, 0.3) is 10.9 Å². The van der Waals surface area contributed by atoms with Crippen molar-refractivity contribution in [1.29, 1.82) is 0 Å². The highest BCUT2D eigenvalue weighted by atomic mass is 35.5. The maximum Gasteiger partial charge on any atom is 0.266 e. The van der Waals surface area contributed by atoms with Crippen LogP contribution in [0.3, 0.4) is 0 Å². The van der Waals surface area contributed by atoms with Gasteiger partial charge in [-0.2, -0.15) is 0 Å². The summed E-state index contributed by atoms with van der Waals surface area (Å²) in [5.41, 5.74) is -0.574. The molecular weight excluding hydrogens is 356 g/mol. The molecule has 0 aliphatic rings. The molecule has 0 aliphatic carbocycles. The fourth-order valence-corrected chi connectivity index (χ4v) is 2.53. The second-order valence-corrected chi connectivity index (χ2v) is 5.54. The maximum absolute atomic E-state index is 14.1. The molecule has 25 heavy (non-hydrogen) atoms. The third-order valence-corrected chi connectivity index (χ3v) is 3.75. The minimum atomic E-state index is -2.92. The third-order valence-electron chi connectivity index (χ3n) is 3.58. The normalized spacial score (nSPS) is 11.3. The molecule has 1 aromatic heterocycles. The van der Waals surface area contributed by atoms with Gasteiger partial charge in [-0.1, -0.05) is 29.7 Å². The van der Waals surface area contributed by atoms with E-state index in [0.717, 1.165) is 12.1 Å². The van der Waals surface area contributed by atoms with Crippen LogP contribution >= 0.6 is 11.6 Å². The first-order chi connectivity index (χ1) is 11.9. The molecule has 9 heteroatoms. The van der Waals surface area contributed by atoms with Crippen LogP contribution < -0.4 is 10.8 Å². The van der Waals surface area contributed by atoms with Crippen molar-refractivity contribution >= 4 is 41.6 Å². The van der Waals surface area contributed by atoms with Crippen molar-refractivity contribution in [1.82, 2.24) is 9.97 Å². The van der Waals surface area contributed by atoms with Crippen molar-refractivity contribution < 1.29 is 17.6 Å². The van der Waals surface area contributed by atoms with Crippen LogP contribution in [-0.2, 0) is 6.54 Å². The number of rotatable bonds is 4. The zero-order chi connectivity index (χ0) is 18.1. The Hall–Kier alpha value is -2.35. The first kappa shape index (κ1) is 17.5. The van der Waals surface area contributed by atoms with E-state index < -0.39 is 23.6 Å². The number of nitrogens with one attached hydrogen (secondary N) is 1. The third kappa shape index (κ3) is 3.53. The van der Waals surface area contributed by atoms with Crippen LogP contribution in [-0.4, -0.2) is 17.8 Å².